The molecule has 0 unspecified atom stereocenters. The zero-order valence-corrected chi connectivity index (χ0v) is 22.7. The summed E-state index contributed by atoms with van der Waals surface area (Å²) < 4.78 is 5.60. The first kappa shape index (κ1) is 26.7. The number of aromatic nitrogens is 2. The highest BCUT2D eigenvalue weighted by atomic mass is 16.5. The highest BCUT2D eigenvalue weighted by Crippen LogP contribution is 2.37. The number of methoxy groups -OCH3 is 1. The number of hydrogen-bond acceptors (Lipinski definition) is 8. The molecule has 4 rings (SSSR count). The lowest BCUT2D eigenvalue weighted by Crippen LogP contribution is -2.55. The fourth-order valence-corrected chi connectivity index (χ4v) is 5.02. The van der Waals surface area contributed by atoms with Gasteiger partial charge in [-0.1, -0.05) is 13.8 Å². The molecule has 3 heterocycles. The zero-order chi connectivity index (χ0) is 26.7. The predicted octanol–water partition coefficient (Wildman–Crippen LogP) is 3.41. The van der Waals surface area contributed by atoms with Crippen LogP contribution in [0.15, 0.2) is 24.4 Å². The van der Waals surface area contributed by atoms with Gasteiger partial charge < -0.3 is 30.1 Å². The summed E-state index contributed by atoms with van der Waals surface area (Å²) in [7, 11) is 5.44. The summed E-state index contributed by atoms with van der Waals surface area (Å²) in [6, 6.07) is 5.37. The van der Waals surface area contributed by atoms with Gasteiger partial charge in [-0.2, -0.15) is 4.98 Å². The van der Waals surface area contributed by atoms with Gasteiger partial charge in [-0.25, -0.2) is 4.98 Å². The maximum absolute atomic E-state index is 13.0. The van der Waals surface area contributed by atoms with Crippen LogP contribution in [0, 0.1) is 0 Å². The van der Waals surface area contributed by atoms with Crippen LogP contribution >= 0.6 is 0 Å². The molecule has 1 saturated heterocycles. The van der Waals surface area contributed by atoms with E-state index in [9.17, 15) is 9.59 Å². The first-order chi connectivity index (χ1) is 17.8. The van der Waals surface area contributed by atoms with Crippen LogP contribution in [0.25, 0.3) is 0 Å². The summed E-state index contributed by atoms with van der Waals surface area (Å²) >= 11 is 0. The van der Waals surface area contributed by atoms with Crippen LogP contribution in [0.3, 0.4) is 0 Å². The maximum Gasteiger partial charge on any atom is 0.251 e. The fraction of sp³-hybridized carbons (Fsp3) is 0.556. The summed E-state index contributed by atoms with van der Waals surface area (Å²) in [6.07, 6.45) is 5.15. The Morgan fingerprint density at radius 3 is 2.59 bits per heavy atom. The normalized spacial score (nSPS) is 19.4. The number of hydrogen-bond donors (Lipinski definition) is 2. The van der Waals surface area contributed by atoms with Crippen LogP contribution in [0.1, 0.15) is 56.8 Å². The summed E-state index contributed by atoms with van der Waals surface area (Å²) in [6.45, 7) is 8.20. The van der Waals surface area contributed by atoms with Crippen molar-refractivity contribution in [2.45, 2.75) is 64.6 Å². The van der Waals surface area contributed by atoms with E-state index >= 15 is 0 Å². The van der Waals surface area contributed by atoms with E-state index in [1.807, 2.05) is 13.0 Å². The Labute approximate surface area is 219 Å². The van der Waals surface area contributed by atoms with E-state index < -0.39 is 0 Å². The molecule has 2 atom stereocenters. The third-order valence-corrected chi connectivity index (χ3v) is 7.52. The number of piperidine rings is 1. The monoisotopic (exact) mass is 509 g/mol. The molecule has 0 saturated carbocycles. The number of ether oxygens (including phenoxy) is 1. The second kappa shape index (κ2) is 11.3. The Bertz CT molecular complexity index is 1130. The smallest absolute Gasteiger partial charge is 0.251 e. The number of nitrogens with zero attached hydrogens (tertiary/aromatic N) is 5. The zero-order valence-electron chi connectivity index (χ0n) is 22.7. The number of amides is 2. The number of likely N-dealkylation sites (tertiary alicyclic amines) is 1. The molecular formula is C27H39N7O3. The van der Waals surface area contributed by atoms with Gasteiger partial charge in [0.15, 0.2) is 5.82 Å². The molecule has 1 fully saturated rings. The molecule has 1 aromatic heterocycles. The summed E-state index contributed by atoms with van der Waals surface area (Å²) in [4.78, 5) is 41.2. The van der Waals surface area contributed by atoms with Crippen molar-refractivity contribution in [1.82, 2.24) is 20.2 Å². The third kappa shape index (κ3) is 5.49. The molecule has 1 aromatic carbocycles. The topological polar surface area (TPSA) is 103 Å². The van der Waals surface area contributed by atoms with Crippen molar-refractivity contribution in [1.29, 1.82) is 0 Å². The van der Waals surface area contributed by atoms with E-state index in [2.05, 4.69) is 46.3 Å². The van der Waals surface area contributed by atoms with Gasteiger partial charge in [-0.3, -0.25) is 9.59 Å². The van der Waals surface area contributed by atoms with Crippen LogP contribution in [-0.2, 0) is 4.79 Å². The number of fused-ring (bicyclic) bond motifs is 1. The molecule has 0 bridgehead atoms. The lowest BCUT2D eigenvalue weighted by molar-refractivity contribution is -0.120. The highest BCUT2D eigenvalue weighted by Gasteiger charge is 2.39. The molecule has 2 N–H and O–H groups in total. The lowest BCUT2D eigenvalue weighted by Gasteiger charge is -2.43. The maximum atomic E-state index is 13.0. The first-order valence-corrected chi connectivity index (χ1v) is 13.1. The van der Waals surface area contributed by atoms with Gasteiger partial charge in [0.2, 0.25) is 11.9 Å². The van der Waals surface area contributed by atoms with Crippen molar-refractivity contribution in [2.24, 2.45) is 0 Å². The van der Waals surface area contributed by atoms with Crippen molar-refractivity contribution < 1.29 is 14.3 Å². The van der Waals surface area contributed by atoms with Crippen LogP contribution in [0.2, 0.25) is 0 Å². The molecule has 200 valence electrons. The summed E-state index contributed by atoms with van der Waals surface area (Å²) in [5.74, 6) is 1.59. The van der Waals surface area contributed by atoms with Crippen molar-refractivity contribution in [3.8, 4) is 5.75 Å². The standard InChI is InChI=1S/C27H39N7O3/c1-7-17(3)34-21(8-2)26(36)33(5)22-16-28-27(31-24(22)34)30-20-10-9-18(15-23(20)37-6)25(35)29-19-11-13-32(4)14-12-19/h9-10,15-17,19,21H,7-8,11-14H2,1-6H3,(H,29,35)(H,28,30,31)/t17-,21+/m0/s1. The molecule has 0 radical (unpaired) electrons. The van der Waals surface area contributed by atoms with Gasteiger partial charge in [-0.05, 0) is 70.9 Å². The average molecular weight is 510 g/mol. The minimum absolute atomic E-state index is 0.0513. The largest absolute Gasteiger partial charge is 0.495 e. The SMILES string of the molecule is CC[C@@H]1C(=O)N(C)c2cnc(Nc3ccc(C(=O)NC4CCN(C)CC4)cc3OC)nc2N1[C@@H](C)CC. The number of carbonyl (C=O) groups excluding carboxylic acids is 2. The fourth-order valence-electron chi connectivity index (χ4n) is 5.02. The van der Waals surface area contributed by atoms with Crippen LogP contribution in [0.4, 0.5) is 23.1 Å². The van der Waals surface area contributed by atoms with Crippen molar-refractivity contribution in [3.05, 3.63) is 30.0 Å². The van der Waals surface area contributed by atoms with Gasteiger partial charge >= 0.3 is 0 Å². The minimum atomic E-state index is -0.271. The van der Waals surface area contributed by atoms with E-state index in [4.69, 9.17) is 9.72 Å². The second-order valence-corrected chi connectivity index (χ2v) is 9.98. The predicted molar refractivity (Wildman–Crippen MR) is 146 cm³/mol. The van der Waals surface area contributed by atoms with E-state index in [-0.39, 0.29) is 29.9 Å². The Morgan fingerprint density at radius 1 is 1.22 bits per heavy atom. The molecule has 37 heavy (non-hydrogen) atoms. The van der Waals surface area contributed by atoms with E-state index in [0.717, 1.165) is 38.2 Å². The Balaban J connectivity index is 1.57. The Morgan fingerprint density at radius 2 is 1.95 bits per heavy atom. The Kier molecular flexibility index (Phi) is 8.16. The minimum Gasteiger partial charge on any atom is -0.495 e. The number of rotatable bonds is 8. The summed E-state index contributed by atoms with van der Waals surface area (Å²) in [5.41, 5.74) is 1.88. The highest BCUT2D eigenvalue weighted by molar-refractivity contribution is 6.04. The van der Waals surface area contributed by atoms with Crippen LogP contribution in [-0.4, -0.2) is 79.1 Å². The lowest BCUT2D eigenvalue weighted by atomic mass is 10.0. The molecule has 2 aliphatic heterocycles. The van der Waals surface area contributed by atoms with Crippen molar-refractivity contribution in [2.75, 3.05) is 49.4 Å². The van der Waals surface area contributed by atoms with Crippen LogP contribution in [0.5, 0.6) is 5.75 Å². The van der Waals surface area contributed by atoms with E-state index in [1.54, 1.807) is 37.4 Å². The second-order valence-electron chi connectivity index (χ2n) is 9.98. The van der Waals surface area contributed by atoms with E-state index in [0.29, 0.717) is 35.1 Å². The van der Waals surface area contributed by atoms with Gasteiger partial charge in [0.25, 0.3) is 5.91 Å². The number of benzene rings is 1. The molecule has 10 nitrogen and oxygen atoms in total. The third-order valence-electron chi connectivity index (χ3n) is 7.52. The molecule has 2 aromatic rings. The molecular weight excluding hydrogens is 470 g/mol. The molecule has 0 spiro atoms. The molecule has 2 aliphatic rings. The number of anilines is 4. The van der Waals surface area contributed by atoms with Gasteiger partial charge in [0.05, 0.1) is 19.0 Å². The van der Waals surface area contributed by atoms with Crippen LogP contribution < -0.4 is 25.2 Å². The van der Waals surface area contributed by atoms with Gasteiger partial charge in [0.1, 0.15) is 17.5 Å². The molecule has 2 amide bonds. The van der Waals surface area contributed by atoms with Gasteiger partial charge in [0, 0.05) is 24.7 Å². The van der Waals surface area contributed by atoms with Gasteiger partial charge in [-0.15, -0.1) is 0 Å². The number of likely N-dealkylation sites (N-methyl/N-ethyl adjacent to an activating group) is 1. The van der Waals surface area contributed by atoms with Crippen molar-refractivity contribution >= 4 is 35.0 Å². The average Bonchev–Trinajstić information content (AvgIpc) is 2.91. The molecule has 10 heteroatoms. The quantitative estimate of drug-likeness (QED) is 0.558. The number of carbonyl (C=O) groups is 2. The summed E-state index contributed by atoms with van der Waals surface area (Å²) in [5, 5.41) is 6.39. The number of nitrogens with one attached hydrogen (secondary N) is 2. The first-order valence-electron chi connectivity index (χ1n) is 13.1. The Hall–Kier alpha value is -3.40. The molecule has 0 aliphatic carbocycles. The van der Waals surface area contributed by atoms with Crippen molar-refractivity contribution in [3.63, 3.8) is 0 Å². The van der Waals surface area contributed by atoms with E-state index in [1.165, 1.54) is 0 Å².